The number of ether oxygens (including phenoxy) is 3. The Morgan fingerprint density at radius 1 is 1.43 bits per heavy atom. The molecule has 0 aromatic carbocycles. The van der Waals surface area contributed by atoms with E-state index in [1.165, 1.54) is 18.4 Å². The molecule has 1 saturated heterocycles. The highest BCUT2D eigenvalue weighted by Gasteiger charge is 2.43. The molecule has 8 heteroatoms. The van der Waals surface area contributed by atoms with Crippen LogP contribution in [0.5, 0.6) is 0 Å². The van der Waals surface area contributed by atoms with Gasteiger partial charge in [0.15, 0.2) is 5.79 Å². The van der Waals surface area contributed by atoms with Crippen molar-refractivity contribution >= 4 is 28.3 Å². The van der Waals surface area contributed by atoms with Gasteiger partial charge in [-0.1, -0.05) is 0 Å². The lowest BCUT2D eigenvalue weighted by atomic mass is 10.2. The first-order valence-electron chi connectivity index (χ1n) is 7.64. The maximum atomic E-state index is 11.9. The third-order valence-electron chi connectivity index (χ3n) is 4.03. The highest BCUT2D eigenvalue weighted by atomic mass is 32.1. The van der Waals surface area contributed by atoms with Crippen LogP contribution in [0.15, 0.2) is 11.4 Å². The summed E-state index contributed by atoms with van der Waals surface area (Å²) in [5.41, 5.74) is 0.420. The predicted molar refractivity (Wildman–Crippen MR) is 84.7 cm³/mol. The van der Waals surface area contributed by atoms with Gasteiger partial charge < -0.3 is 19.5 Å². The van der Waals surface area contributed by atoms with Crippen molar-refractivity contribution in [1.82, 2.24) is 5.32 Å². The van der Waals surface area contributed by atoms with Crippen molar-refractivity contribution in [2.24, 2.45) is 0 Å². The normalized spacial score (nSPS) is 22.2. The average molecular weight is 340 g/mol. The lowest BCUT2D eigenvalue weighted by Gasteiger charge is -2.21. The summed E-state index contributed by atoms with van der Waals surface area (Å²) >= 11 is 1.27. The summed E-state index contributed by atoms with van der Waals surface area (Å²) in [5, 5.41) is 7.68. The summed E-state index contributed by atoms with van der Waals surface area (Å²) in [6, 6.07) is 1.25. The molecule has 23 heavy (non-hydrogen) atoms. The second-order valence-corrected chi connectivity index (χ2v) is 6.61. The number of nitrogens with one attached hydrogen (secondary N) is 2. The third kappa shape index (κ3) is 3.82. The fourth-order valence-electron chi connectivity index (χ4n) is 2.88. The molecule has 1 aromatic heterocycles. The Balaban J connectivity index is 1.43. The second kappa shape index (κ2) is 6.86. The molecule has 2 amide bonds. The molecule has 2 N–H and O–H groups in total. The number of thiophene rings is 1. The van der Waals surface area contributed by atoms with E-state index in [4.69, 9.17) is 9.47 Å². The molecule has 3 rings (SSSR count). The number of hydrogen-bond acceptors (Lipinski definition) is 6. The van der Waals surface area contributed by atoms with Crippen LogP contribution in [-0.2, 0) is 14.2 Å². The largest absolute Gasteiger partial charge is 0.465 e. The zero-order valence-corrected chi connectivity index (χ0v) is 13.7. The third-order valence-corrected chi connectivity index (χ3v) is 4.87. The Kier molecular flexibility index (Phi) is 4.84. The average Bonchev–Trinajstić information content (AvgIpc) is 3.28. The molecule has 0 unspecified atom stereocenters. The van der Waals surface area contributed by atoms with Crippen LogP contribution in [0.3, 0.4) is 0 Å². The van der Waals surface area contributed by atoms with Gasteiger partial charge in [-0.15, -0.1) is 11.3 Å². The summed E-state index contributed by atoms with van der Waals surface area (Å²) in [5.74, 6) is -0.834. The monoisotopic (exact) mass is 340 g/mol. The van der Waals surface area contributed by atoms with Crippen LogP contribution in [0.2, 0.25) is 0 Å². The zero-order chi connectivity index (χ0) is 16.3. The van der Waals surface area contributed by atoms with Crippen LogP contribution in [0.25, 0.3) is 0 Å². The van der Waals surface area contributed by atoms with Crippen LogP contribution >= 0.6 is 11.3 Å². The molecular formula is C15H20N2O5S. The van der Waals surface area contributed by atoms with Gasteiger partial charge in [0.2, 0.25) is 0 Å². The minimum Gasteiger partial charge on any atom is -0.465 e. The Hall–Kier alpha value is -1.64. The number of carbonyl (C=O) groups excluding carboxylic acids is 2. The van der Waals surface area contributed by atoms with Crippen molar-refractivity contribution in [1.29, 1.82) is 0 Å². The molecule has 126 valence electrons. The minimum absolute atomic E-state index is 0.118. The van der Waals surface area contributed by atoms with Gasteiger partial charge >= 0.3 is 12.0 Å². The van der Waals surface area contributed by atoms with E-state index < -0.39 is 11.8 Å². The molecule has 2 fully saturated rings. The molecule has 1 atom stereocenters. The fraction of sp³-hybridized carbons (Fsp3) is 0.600. The quantitative estimate of drug-likeness (QED) is 0.822. The van der Waals surface area contributed by atoms with Crippen LogP contribution in [0.4, 0.5) is 9.80 Å². The standard InChI is InChI=1S/C15H20N2O5S/c1-20-13(18)10-6-12(23-9-10)17-14(19)16-7-11-8-21-15(22-11)4-2-3-5-15/h6,9,11H,2-5,7-8H2,1H3,(H2,16,17,19)/t11-/m0/s1. The lowest BCUT2D eigenvalue weighted by molar-refractivity contribution is -0.160. The molecule has 2 aliphatic rings. The smallest absolute Gasteiger partial charge is 0.338 e. The molecule has 1 aliphatic carbocycles. The Labute approximate surface area is 138 Å². The molecule has 2 heterocycles. The summed E-state index contributed by atoms with van der Waals surface area (Å²) in [6.07, 6.45) is 4.00. The highest BCUT2D eigenvalue weighted by molar-refractivity contribution is 7.14. The van der Waals surface area contributed by atoms with E-state index in [1.54, 1.807) is 11.4 Å². The summed E-state index contributed by atoms with van der Waals surface area (Å²) < 4.78 is 16.3. The number of amides is 2. The van der Waals surface area contributed by atoms with Gasteiger partial charge in [-0.25, -0.2) is 9.59 Å². The molecule has 1 aromatic rings. The number of hydrogen-bond donors (Lipinski definition) is 2. The summed E-state index contributed by atoms with van der Waals surface area (Å²) in [6.45, 7) is 0.897. The van der Waals surface area contributed by atoms with Crippen LogP contribution < -0.4 is 10.6 Å². The predicted octanol–water partition coefficient (Wildman–Crippen LogP) is 2.34. The molecule has 1 saturated carbocycles. The molecule has 1 aliphatic heterocycles. The van der Waals surface area contributed by atoms with Gasteiger partial charge in [0.25, 0.3) is 0 Å². The van der Waals surface area contributed by atoms with E-state index in [2.05, 4.69) is 15.4 Å². The van der Waals surface area contributed by atoms with Crippen molar-refractivity contribution < 1.29 is 23.8 Å². The van der Waals surface area contributed by atoms with Crippen LogP contribution in [0.1, 0.15) is 36.0 Å². The van der Waals surface area contributed by atoms with Gasteiger partial charge in [-0.05, 0) is 18.9 Å². The molecule has 0 bridgehead atoms. The van der Waals surface area contributed by atoms with Crippen LogP contribution in [-0.4, -0.2) is 44.2 Å². The van der Waals surface area contributed by atoms with E-state index >= 15 is 0 Å². The number of rotatable bonds is 4. The van der Waals surface area contributed by atoms with Crippen molar-refractivity contribution in [3.8, 4) is 0 Å². The van der Waals surface area contributed by atoms with Crippen molar-refractivity contribution in [2.45, 2.75) is 37.6 Å². The summed E-state index contributed by atoms with van der Waals surface area (Å²) in [4.78, 5) is 23.3. The first-order chi connectivity index (χ1) is 11.1. The zero-order valence-electron chi connectivity index (χ0n) is 12.9. The number of anilines is 1. The number of urea groups is 1. The first kappa shape index (κ1) is 16.2. The number of esters is 1. The minimum atomic E-state index is -0.423. The van der Waals surface area contributed by atoms with E-state index in [1.807, 2.05) is 0 Å². The molecular weight excluding hydrogens is 320 g/mol. The molecule has 1 spiro atoms. The second-order valence-electron chi connectivity index (χ2n) is 5.69. The van der Waals surface area contributed by atoms with E-state index in [0.29, 0.717) is 23.7 Å². The maximum absolute atomic E-state index is 11.9. The number of methoxy groups -OCH3 is 1. The molecule has 0 radical (unpaired) electrons. The Morgan fingerprint density at radius 3 is 2.96 bits per heavy atom. The Morgan fingerprint density at radius 2 is 2.22 bits per heavy atom. The van der Waals surface area contributed by atoms with E-state index in [9.17, 15) is 9.59 Å². The van der Waals surface area contributed by atoms with Gasteiger partial charge in [0, 0.05) is 24.8 Å². The molecule has 7 nitrogen and oxygen atoms in total. The topological polar surface area (TPSA) is 85.9 Å². The van der Waals surface area contributed by atoms with E-state index in [-0.39, 0.29) is 12.1 Å². The fourth-order valence-corrected chi connectivity index (χ4v) is 3.65. The highest BCUT2D eigenvalue weighted by Crippen LogP contribution is 2.38. The SMILES string of the molecule is COC(=O)c1csc(NC(=O)NC[C@H]2COC3(CCCC3)O2)c1. The van der Waals surface area contributed by atoms with Crippen molar-refractivity contribution in [3.05, 3.63) is 17.0 Å². The van der Waals surface area contributed by atoms with Gasteiger partial charge in [0.1, 0.15) is 6.10 Å². The van der Waals surface area contributed by atoms with E-state index in [0.717, 1.165) is 25.7 Å². The van der Waals surface area contributed by atoms with Crippen molar-refractivity contribution in [2.75, 3.05) is 25.6 Å². The van der Waals surface area contributed by atoms with Gasteiger partial charge in [0.05, 0.1) is 24.3 Å². The van der Waals surface area contributed by atoms with Gasteiger partial charge in [-0.3, -0.25) is 5.32 Å². The van der Waals surface area contributed by atoms with Crippen molar-refractivity contribution in [3.63, 3.8) is 0 Å². The number of carbonyl (C=O) groups is 2. The maximum Gasteiger partial charge on any atom is 0.338 e. The van der Waals surface area contributed by atoms with Gasteiger partial charge in [-0.2, -0.15) is 0 Å². The Bertz CT molecular complexity index is 582. The van der Waals surface area contributed by atoms with Crippen LogP contribution in [0, 0.1) is 0 Å². The lowest BCUT2D eigenvalue weighted by Crippen LogP contribution is -2.37. The summed E-state index contributed by atoms with van der Waals surface area (Å²) in [7, 11) is 1.32. The first-order valence-corrected chi connectivity index (χ1v) is 8.52.